The summed E-state index contributed by atoms with van der Waals surface area (Å²) in [5.41, 5.74) is 3.71. The highest BCUT2D eigenvalue weighted by Gasteiger charge is 2.63. The lowest BCUT2D eigenvalue weighted by Crippen LogP contribution is -2.44. The number of ketones is 2. The Bertz CT molecular complexity index is 1410. The molecule has 4 aromatic rings. The van der Waals surface area contributed by atoms with Gasteiger partial charge in [-0.2, -0.15) is 22.0 Å². The summed E-state index contributed by atoms with van der Waals surface area (Å²) in [5, 5.41) is 0. The van der Waals surface area contributed by atoms with Gasteiger partial charge in [-0.3, -0.25) is 9.59 Å². The van der Waals surface area contributed by atoms with Gasteiger partial charge in [-0.25, -0.2) is 4.98 Å². The number of hydrogen-bond donors (Lipinski definition) is 1. The Morgan fingerprint density at radius 2 is 1.57 bits per heavy atom. The summed E-state index contributed by atoms with van der Waals surface area (Å²) in [6.07, 6.45) is -5.08. The lowest BCUT2D eigenvalue weighted by atomic mass is 9.97. The molecule has 0 spiro atoms. The third-order valence-corrected chi connectivity index (χ3v) is 5.66. The molecule has 3 aromatic carbocycles. The standard InChI is InChI=1S/C26H19F5N2O2/c1-15(34)19-4-2-3-5-20(19)18-11-12-21-22(14-18)33-23(32-21)13-8-16-6-9-17(10-7-16)24(35)25(27,28)26(29,30)31/h2-7,9-12,14H,8,13H2,1H3,(H,32,33). The van der Waals surface area contributed by atoms with E-state index in [2.05, 4.69) is 9.97 Å². The largest absolute Gasteiger partial charge is 0.461 e. The first-order chi connectivity index (χ1) is 16.5. The number of halogens is 5. The number of Topliss-reactive ketones (excluding diaryl/α,β-unsaturated/α-hetero) is 2. The van der Waals surface area contributed by atoms with Crippen LogP contribution in [0.5, 0.6) is 0 Å². The second-order valence-corrected chi connectivity index (χ2v) is 8.12. The quantitative estimate of drug-likeness (QED) is 0.237. The Morgan fingerprint density at radius 3 is 2.23 bits per heavy atom. The zero-order valence-corrected chi connectivity index (χ0v) is 18.4. The average molecular weight is 486 g/mol. The average Bonchev–Trinajstić information content (AvgIpc) is 3.24. The molecular weight excluding hydrogens is 467 g/mol. The first kappa shape index (κ1) is 24.3. The fourth-order valence-electron chi connectivity index (χ4n) is 3.79. The number of nitrogens with one attached hydrogen (secondary N) is 1. The normalized spacial score (nSPS) is 12.2. The number of aryl methyl sites for hydroxylation is 2. The van der Waals surface area contributed by atoms with Gasteiger partial charge in [0.15, 0.2) is 5.78 Å². The monoisotopic (exact) mass is 486 g/mol. The summed E-state index contributed by atoms with van der Waals surface area (Å²) < 4.78 is 63.8. The molecule has 1 heterocycles. The van der Waals surface area contributed by atoms with Gasteiger partial charge in [-0.15, -0.1) is 0 Å². The molecule has 0 saturated heterocycles. The number of aromatic amines is 1. The van der Waals surface area contributed by atoms with Crippen LogP contribution in [0.25, 0.3) is 22.2 Å². The summed E-state index contributed by atoms with van der Waals surface area (Å²) in [6, 6.07) is 17.5. The van der Waals surface area contributed by atoms with E-state index in [1.54, 1.807) is 12.1 Å². The van der Waals surface area contributed by atoms with E-state index in [0.29, 0.717) is 29.8 Å². The smallest absolute Gasteiger partial charge is 0.342 e. The van der Waals surface area contributed by atoms with Crippen molar-refractivity contribution in [1.29, 1.82) is 0 Å². The fourth-order valence-corrected chi connectivity index (χ4v) is 3.79. The van der Waals surface area contributed by atoms with Gasteiger partial charge >= 0.3 is 12.1 Å². The number of aromatic nitrogens is 2. The zero-order valence-electron chi connectivity index (χ0n) is 18.4. The maximum absolute atomic E-state index is 13.3. The molecule has 0 atom stereocenters. The molecule has 0 aliphatic heterocycles. The number of benzene rings is 3. The highest BCUT2D eigenvalue weighted by molar-refractivity contribution is 6.02. The zero-order chi connectivity index (χ0) is 25.4. The predicted molar refractivity (Wildman–Crippen MR) is 121 cm³/mol. The van der Waals surface area contributed by atoms with Crippen LogP contribution in [0.15, 0.2) is 66.7 Å². The topological polar surface area (TPSA) is 62.8 Å². The predicted octanol–water partition coefficient (Wildman–Crippen LogP) is 6.60. The van der Waals surface area contributed by atoms with Crippen molar-refractivity contribution < 1.29 is 31.5 Å². The molecule has 4 nitrogen and oxygen atoms in total. The van der Waals surface area contributed by atoms with Crippen molar-refractivity contribution in [3.8, 4) is 11.1 Å². The molecule has 0 radical (unpaired) electrons. The number of rotatable bonds is 7. The van der Waals surface area contributed by atoms with Crippen LogP contribution >= 0.6 is 0 Å². The van der Waals surface area contributed by atoms with Crippen LogP contribution in [0, 0.1) is 0 Å². The van der Waals surface area contributed by atoms with E-state index in [1.165, 1.54) is 19.1 Å². The second-order valence-electron chi connectivity index (χ2n) is 8.12. The number of H-pyrrole nitrogens is 1. The van der Waals surface area contributed by atoms with E-state index in [9.17, 15) is 31.5 Å². The van der Waals surface area contributed by atoms with E-state index in [1.807, 2.05) is 30.3 Å². The summed E-state index contributed by atoms with van der Waals surface area (Å²) in [5.74, 6) is -7.11. The summed E-state index contributed by atoms with van der Waals surface area (Å²) in [6.45, 7) is 1.51. The number of fused-ring (bicyclic) bond motifs is 1. The first-order valence-electron chi connectivity index (χ1n) is 10.6. The van der Waals surface area contributed by atoms with Crippen molar-refractivity contribution in [3.05, 3.63) is 89.2 Å². The second kappa shape index (κ2) is 9.05. The minimum Gasteiger partial charge on any atom is -0.342 e. The lowest BCUT2D eigenvalue weighted by molar-refractivity contribution is -0.255. The van der Waals surface area contributed by atoms with Gasteiger partial charge in [-0.1, -0.05) is 54.6 Å². The van der Waals surface area contributed by atoms with Gasteiger partial charge in [0.25, 0.3) is 0 Å². The molecule has 0 bridgehead atoms. The van der Waals surface area contributed by atoms with Gasteiger partial charge < -0.3 is 4.98 Å². The number of hydrogen-bond acceptors (Lipinski definition) is 3. The molecule has 0 aliphatic carbocycles. The van der Waals surface area contributed by atoms with Crippen molar-refractivity contribution in [2.24, 2.45) is 0 Å². The number of imidazole rings is 1. The summed E-state index contributed by atoms with van der Waals surface area (Å²) >= 11 is 0. The molecule has 0 aliphatic rings. The highest BCUT2D eigenvalue weighted by Crippen LogP contribution is 2.38. The highest BCUT2D eigenvalue weighted by atomic mass is 19.4. The lowest BCUT2D eigenvalue weighted by Gasteiger charge is -2.18. The maximum atomic E-state index is 13.3. The van der Waals surface area contributed by atoms with Crippen LogP contribution in [-0.4, -0.2) is 33.6 Å². The van der Waals surface area contributed by atoms with Crippen LogP contribution in [0.2, 0.25) is 0 Å². The van der Waals surface area contributed by atoms with Crippen LogP contribution in [0.3, 0.4) is 0 Å². The van der Waals surface area contributed by atoms with Gasteiger partial charge in [0.1, 0.15) is 5.82 Å². The van der Waals surface area contributed by atoms with Crippen molar-refractivity contribution in [3.63, 3.8) is 0 Å². The van der Waals surface area contributed by atoms with Crippen LogP contribution in [0.1, 0.15) is 39.0 Å². The van der Waals surface area contributed by atoms with E-state index in [4.69, 9.17) is 0 Å². The molecule has 0 unspecified atom stereocenters. The number of carbonyl (C=O) groups excluding carboxylic acids is 2. The molecule has 0 fully saturated rings. The third kappa shape index (κ3) is 4.84. The number of alkyl halides is 5. The van der Waals surface area contributed by atoms with E-state index in [-0.39, 0.29) is 5.78 Å². The maximum Gasteiger partial charge on any atom is 0.461 e. The molecule has 180 valence electrons. The molecule has 1 aromatic heterocycles. The minimum absolute atomic E-state index is 0.0409. The van der Waals surface area contributed by atoms with Crippen LogP contribution in [-0.2, 0) is 12.8 Å². The first-order valence-corrected chi connectivity index (χ1v) is 10.6. The van der Waals surface area contributed by atoms with Crippen LogP contribution in [0.4, 0.5) is 22.0 Å². The van der Waals surface area contributed by atoms with Crippen molar-refractivity contribution >= 4 is 22.6 Å². The van der Waals surface area contributed by atoms with E-state index < -0.39 is 23.4 Å². The third-order valence-electron chi connectivity index (χ3n) is 5.66. The SMILES string of the molecule is CC(=O)c1ccccc1-c1ccc2nc(CCc3ccc(C(=O)C(F)(F)C(F)(F)F)cc3)[nH]c2c1. The number of carbonyl (C=O) groups is 2. The summed E-state index contributed by atoms with van der Waals surface area (Å²) in [7, 11) is 0. The molecular formula is C26H19F5N2O2. The summed E-state index contributed by atoms with van der Waals surface area (Å²) in [4.78, 5) is 31.3. The Balaban J connectivity index is 1.48. The molecule has 0 amide bonds. The number of nitrogens with zero attached hydrogens (tertiary/aromatic N) is 1. The van der Waals surface area contributed by atoms with Gasteiger partial charge in [-0.05, 0) is 42.2 Å². The van der Waals surface area contributed by atoms with Crippen molar-refractivity contribution in [2.45, 2.75) is 31.9 Å². The Labute approximate surface area is 196 Å². The van der Waals surface area contributed by atoms with Gasteiger partial charge in [0.05, 0.1) is 11.0 Å². The minimum atomic E-state index is -5.95. The van der Waals surface area contributed by atoms with E-state index >= 15 is 0 Å². The van der Waals surface area contributed by atoms with Gasteiger partial charge in [0, 0.05) is 17.5 Å². The molecule has 9 heteroatoms. The van der Waals surface area contributed by atoms with Crippen molar-refractivity contribution in [2.75, 3.05) is 0 Å². The Morgan fingerprint density at radius 1 is 0.886 bits per heavy atom. The van der Waals surface area contributed by atoms with Crippen LogP contribution < -0.4 is 0 Å². The molecule has 35 heavy (non-hydrogen) atoms. The van der Waals surface area contributed by atoms with E-state index in [0.717, 1.165) is 34.3 Å². The molecule has 0 saturated carbocycles. The van der Waals surface area contributed by atoms with Gasteiger partial charge in [0.2, 0.25) is 5.78 Å². The Kier molecular flexibility index (Phi) is 6.27. The Hall–Kier alpha value is -3.88. The molecule has 1 N–H and O–H groups in total. The fraction of sp³-hybridized carbons (Fsp3) is 0.192. The van der Waals surface area contributed by atoms with Crippen molar-refractivity contribution in [1.82, 2.24) is 9.97 Å². The molecule has 4 rings (SSSR count).